The number of carbonyl (C=O) groups is 2. The molecular formula is C20H27N5O3. The van der Waals surface area contributed by atoms with Crippen LogP contribution in [0.5, 0.6) is 0 Å². The topological polar surface area (TPSA) is 95.3 Å². The molecule has 0 aliphatic carbocycles. The number of aromatic amines is 1. The van der Waals surface area contributed by atoms with Gasteiger partial charge in [-0.05, 0) is 45.1 Å². The van der Waals surface area contributed by atoms with Crippen molar-refractivity contribution < 1.29 is 14.1 Å². The molecule has 1 N–H and O–H groups in total. The number of aromatic nitrogens is 3. The molecule has 3 saturated heterocycles. The maximum atomic E-state index is 13.0. The number of amides is 2. The van der Waals surface area contributed by atoms with E-state index in [1.807, 2.05) is 29.8 Å². The highest BCUT2D eigenvalue weighted by atomic mass is 16.5. The minimum atomic E-state index is -0.1000. The zero-order valence-corrected chi connectivity index (χ0v) is 16.5. The number of nitrogens with zero attached hydrogens (tertiary/aromatic N) is 4. The number of fused-ring (bicyclic) bond motifs is 4. The van der Waals surface area contributed by atoms with Crippen LogP contribution in [0.15, 0.2) is 16.9 Å². The quantitative estimate of drug-likeness (QED) is 0.820. The van der Waals surface area contributed by atoms with Crippen molar-refractivity contribution in [2.45, 2.75) is 58.5 Å². The number of hydrogen-bond acceptors (Lipinski definition) is 5. The molecule has 2 aromatic heterocycles. The number of nitrogens with one attached hydrogen (secondary N) is 1. The molecule has 0 spiro atoms. The number of rotatable bonds is 6. The SMILES string of the molecule is Cc1noc(C)c1CN1C(=O)[C@@H]2CC[C@H]1CN(C(=O)CCCc1cn[nH]c1)C2. The number of carbonyl (C=O) groups excluding carboxylic acids is 2. The normalized spacial score (nSPS) is 22.0. The maximum Gasteiger partial charge on any atom is 0.228 e. The van der Waals surface area contributed by atoms with E-state index in [1.165, 1.54) is 0 Å². The minimum absolute atomic E-state index is 0.0674. The molecule has 8 nitrogen and oxygen atoms in total. The van der Waals surface area contributed by atoms with Gasteiger partial charge in [-0.2, -0.15) is 5.10 Å². The van der Waals surface area contributed by atoms with Gasteiger partial charge in [0.1, 0.15) is 5.76 Å². The first-order valence-corrected chi connectivity index (χ1v) is 10.0. The average Bonchev–Trinajstić information content (AvgIpc) is 3.20. The summed E-state index contributed by atoms with van der Waals surface area (Å²) in [5.74, 6) is 0.965. The highest BCUT2D eigenvalue weighted by Gasteiger charge is 2.42. The molecule has 5 heterocycles. The van der Waals surface area contributed by atoms with Crippen LogP contribution in [-0.4, -0.2) is 56.1 Å². The Morgan fingerprint density at radius 3 is 2.89 bits per heavy atom. The molecule has 0 unspecified atom stereocenters. The van der Waals surface area contributed by atoms with E-state index >= 15 is 0 Å². The van der Waals surface area contributed by atoms with E-state index in [0.29, 0.717) is 26.1 Å². The number of aryl methyl sites for hydroxylation is 3. The van der Waals surface area contributed by atoms with Crippen LogP contribution in [-0.2, 0) is 22.6 Å². The molecule has 5 rings (SSSR count). The van der Waals surface area contributed by atoms with Gasteiger partial charge in [-0.3, -0.25) is 14.7 Å². The van der Waals surface area contributed by atoms with Gasteiger partial charge in [-0.15, -0.1) is 0 Å². The maximum absolute atomic E-state index is 13.0. The molecule has 150 valence electrons. The highest BCUT2D eigenvalue weighted by Crippen LogP contribution is 2.31. The first kappa shape index (κ1) is 18.7. The lowest BCUT2D eigenvalue weighted by molar-refractivity contribution is -0.140. The highest BCUT2D eigenvalue weighted by molar-refractivity contribution is 5.83. The van der Waals surface area contributed by atoms with Gasteiger partial charge in [0.15, 0.2) is 0 Å². The Morgan fingerprint density at radius 1 is 1.32 bits per heavy atom. The zero-order valence-electron chi connectivity index (χ0n) is 16.5. The summed E-state index contributed by atoms with van der Waals surface area (Å²) in [6.07, 6.45) is 7.59. The smallest absolute Gasteiger partial charge is 0.228 e. The van der Waals surface area contributed by atoms with Crippen LogP contribution in [0.4, 0.5) is 0 Å². The Bertz CT molecular complexity index is 825. The number of piperidine rings is 1. The average molecular weight is 385 g/mol. The van der Waals surface area contributed by atoms with E-state index in [1.54, 1.807) is 6.20 Å². The summed E-state index contributed by atoms with van der Waals surface area (Å²) in [6.45, 7) is 5.46. The van der Waals surface area contributed by atoms with Gasteiger partial charge in [0.05, 0.1) is 24.4 Å². The number of hydrogen-bond donors (Lipinski definition) is 1. The largest absolute Gasteiger partial charge is 0.361 e. The van der Waals surface area contributed by atoms with Gasteiger partial charge in [-0.1, -0.05) is 5.16 Å². The summed E-state index contributed by atoms with van der Waals surface area (Å²) < 4.78 is 5.26. The Hall–Kier alpha value is -2.64. The van der Waals surface area contributed by atoms with Crippen molar-refractivity contribution in [3.63, 3.8) is 0 Å². The zero-order chi connectivity index (χ0) is 19.7. The predicted molar refractivity (Wildman–Crippen MR) is 101 cm³/mol. The molecule has 8 heteroatoms. The first-order valence-electron chi connectivity index (χ1n) is 10.0. The van der Waals surface area contributed by atoms with Gasteiger partial charge in [0.2, 0.25) is 11.8 Å². The number of H-pyrrole nitrogens is 1. The van der Waals surface area contributed by atoms with Crippen LogP contribution in [0.2, 0.25) is 0 Å². The van der Waals surface area contributed by atoms with E-state index in [0.717, 1.165) is 48.3 Å². The third-order valence-corrected chi connectivity index (χ3v) is 6.07. The molecule has 2 amide bonds. The van der Waals surface area contributed by atoms with Gasteiger partial charge < -0.3 is 14.3 Å². The third-order valence-electron chi connectivity index (χ3n) is 6.07. The third kappa shape index (κ3) is 3.68. The van der Waals surface area contributed by atoms with Crippen molar-refractivity contribution in [1.29, 1.82) is 0 Å². The second-order valence-electron chi connectivity index (χ2n) is 7.96. The summed E-state index contributed by atoms with van der Waals surface area (Å²) in [5, 5.41) is 10.7. The molecule has 2 atom stereocenters. The summed E-state index contributed by atoms with van der Waals surface area (Å²) in [4.78, 5) is 29.7. The molecule has 0 saturated carbocycles. The Morgan fingerprint density at radius 2 is 2.18 bits per heavy atom. The Kier molecular flexibility index (Phi) is 5.19. The summed E-state index contributed by atoms with van der Waals surface area (Å²) in [7, 11) is 0. The minimum Gasteiger partial charge on any atom is -0.361 e. The molecule has 3 aliphatic heterocycles. The van der Waals surface area contributed by atoms with Gasteiger partial charge in [-0.25, -0.2) is 0 Å². The van der Waals surface area contributed by atoms with Crippen LogP contribution in [0.25, 0.3) is 0 Å². The van der Waals surface area contributed by atoms with Crippen molar-refractivity contribution in [3.05, 3.63) is 35.0 Å². The van der Waals surface area contributed by atoms with Crippen LogP contribution < -0.4 is 0 Å². The van der Waals surface area contributed by atoms with Crippen LogP contribution >= 0.6 is 0 Å². The predicted octanol–water partition coefficient (Wildman–Crippen LogP) is 1.99. The Balaban J connectivity index is 1.40. The van der Waals surface area contributed by atoms with Crippen molar-refractivity contribution in [2.75, 3.05) is 13.1 Å². The fraction of sp³-hybridized carbons (Fsp3) is 0.600. The molecule has 3 fully saturated rings. The molecule has 28 heavy (non-hydrogen) atoms. The standard InChI is InChI=1S/C20H27N5O3/c1-13-18(14(2)28-23-13)12-25-17-7-6-16(20(25)27)10-24(11-17)19(26)5-3-4-15-8-21-22-9-15/h8-9,16-17H,3-7,10-12H2,1-2H3,(H,21,22)/t16-,17+/m1/s1. The molecule has 0 aromatic carbocycles. The lowest BCUT2D eigenvalue weighted by Crippen LogP contribution is -2.47. The van der Waals surface area contributed by atoms with Crippen LogP contribution in [0, 0.1) is 19.8 Å². The van der Waals surface area contributed by atoms with E-state index in [-0.39, 0.29) is 23.8 Å². The second-order valence-corrected chi connectivity index (χ2v) is 7.96. The van der Waals surface area contributed by atoms with Gasteiger partial charge >= 0.3 is 0 Å². The van der Waals surface area contributed by atoms with E-state index in [2.05, 4.69) is 15.4 Å². The molecule has 2 aromatic rings. The van der Waals surface area contributed by atoms with E-state index < -0.39 is 0 Å². The fourth-order valence-corrected chi connectivity index (χ4v) is 4.37. The molecule has 3 aliphatic rings. The monoisotopic (exact) mass is 385 g/mol. The molecule has 2 bridgehead atoms. The van der Waals surface area contributed by atoms with Gasteiger partial charge in [0.25, 0.3) is 0 Å². The van der Waals surface area contributed by atoms with E-state index in [9.17, 15) is 9.59 Å². The summed E-state index contributed by atoms with van der Waals surface area (Å²) in [6, 6.07) is 0.0674. The molecular weight excluding hydrogens is 358 g/mol. The summed E-state index contributed by atoms with van der Waals surface area (Å²) >= 11 is 0. The lowest BCUT2D eigenvalue weighted by Gasteiger charge is -2.35. The van der Waals surface area contributed by atoms with Crippen molar-refractivity contribution in [3.8, 4) is 0 Å². The lowest BCUT2D eigenvalue weighted by atomic mass is 9.93. The molecule has 0 radical (unpaired) electrons. The van der Waals surface area contributed by atoms with E-state index in [4.69, 9.17) is 4.52 Å². The first-order chi connectivity index (χ1) is 13.5. The van der Waals surface area contributed by atoms with Crippen molar-refractivity contribution in [2.24, 2.45) is 5.92 Å². The second kappa shape index (κ2) is 7.77. The van der Waals surface area contributed by atoms with Gasteiger partial charge in [0, 0.05) is 37.3 Å². The van der Waals surface area contributed by atoms with Crippen LogP contribution in [0.3, 0.4) is 0 Å². The Labute approximate surface area is 164 Å². The van der Waals surface area contributed by atoms with Crippen molar-refractivity contribution in [1.82, 2.24) is 25.2 Å². The van der Waals surface area contributed by atoms with Crippen molar-refractivity contribution >= 4 is 11.8 Å². The summed E-state index contributed by atoms with van der Waals surface area (Å²) in [5.41, 5.74) is 2.93. The fourth-order valence-electron chi connectivity index (χ4n) is 4.37. The van der Waals surface area contributed by atoms with Crippen LogP contribution in [0.1, 0.15) is 48.3 Å².